The number of rotatable bonds is 1. The minimum Gasteiger partial charge on any atom is -0.508 e. The zero-order valence-electron chi connectivity index (χ0n) is 20.4. The van der Waals surface area contributed by atoms with Crippen LogP contribution in [0.5, 0.6) is 17.2 Å². The lowest BCUT2D eigenvalue weighted by Crippen LogP contribution is -1.66. The first-order valence-corrected chi connectivity index (χ1v) is 11.0. The minimum atomic E-state index is 0.338. The Bertz CT molecular complexity index is 640. The van der Waals surface area contributed by atoms with Crippen molar-refractivity contribution in [3.05, 3.63) is 89.5 Å². The van der Waals surface area contributed by atoms with Crippen LogP contribution in [0.25, 0.3) is 0 Å². The van der Waals surface area contributed by atoms with Gasteiger partial charge in [-0.05, 0) is 73.9 Å². The van der Waals surface area contributed by atoms with Gasteiger partial charge < -0.3 is 15.3 Å². The number of unbranched alkanes of at least 4 members (excludes halogenated alkanes) is 1. The second-order valence-corrected chi connectivity index (χ2v) is 7.22. The smallest absolute Gasteiger partial charge is 0.115 e. The Balaban J connectivity index is 0. The van der Waals surface area contributed by atoms with Crippen molar-refractivity contribution in [1.29, 1.82) is 0 Å². The minimum absolute atomic E-state index is 0.338. The van der Waals surface area contributed by atoms with Gasteiger partial charge >= 0.3 is 0 Å². The third-order valence-corrected chi connectivity index (χ3v) is 3.50. The van der Waals surface area contributed by atoms with Gasteiger partial charge in [0, 0.05) is 0 Å². The highest BCUT2D eigenvalue weighted by molar-refractivity contribution is 5.26. The highest BCUT2D eigenvalue weighted by Crippen LogP contribution is 2.09. The van der Waals surface area contributed by atoms with Crippen LogP contribution in [0.3, 0.4) is 0 Å². The molecule has 0 amide bonds. The summed E-state index contributed by atoms with van der Waals surface area (Å²) in [6.45, 7) is 14.4. The van der Waals surface area contributed by atoms with Crippen molar-refractivity contribution in [2.45, 2.75) is 67.7 Å². The molecule has 0 atom stereocenters. The summed E-state index contributed by atoms with van der Waals surface area (Å²) >= 11 is 0. The van der Waals surface area contributed by atoms with Gasteiger partial charge in [-0.15, -0.1) is 0 Å². The fourth-order valence-electron chi connectivity index (χ4n) is 1.88. The van der Waals surface area contributed by atoms with Crippen LogP contribution >= 0.6 is 0 Å². The molecule has 0 saturated carbocycles. The summed E-state index contributed by atoms with van der Waals surface area (Å²) in [5, 5.41) is 26.4. The quantitative estimate of drug-likeness (QED) is 0.366. The molecule has 0 fully saturated rings. The van der Waals surface area contributed by atoms with E-state index in [-0.39, 0.29) is 0 Å². The van der Waals surface area contributed by atoms with Crippen LogP contribution in [0, 0.1) is 20.8 Å². The van der Waals surface area contributed by atoms with E-state index in [1.807, 2.05) is 57.2 Å². The first-order valence-electron chi connectivity index (χ1n) is 11.0. The molecule has 0 heterocycles. The molecular formula is C28H42O3. The predicted octanol–water partition coefficient (Wildman–Crippen LogP) is 8.32. The van der Waals surface area contributed by atoms with Crippen LogP contribution in [0.15, 0.2) is 72.8 Å². The van der Waals surface area contributed by atoms with E-state index in [4.69, 9.17) is 15.3 Å². The van der Waals surface area contributed by atoms with Gasteiger partial charge in [0.15, 0.2) is 0 Å². The maximum absolute atomic E-state index is 8.81. The molecule has 3 nitrogen and oxygen atoms in total. The highest BCUT2D eigenvalue weighted by atomic mass is 16.3. The van der Waals surface area contributed by atoms with E-state index in [0.717, 1.165) is 16.7 Å². The molecule has 0 aliphatic rings. The van der Waals surface area contributed by atoms with Crippen molar-refractivity contribution in [3.63, 3.8) is 0 Å². The topological polar surface area (TPSA) is 60.7 Å². The van der Waals surface area contributed by atoms with E-state index in [1.54, 1.807) is 36.4 Å². The largest absolute Gasteiger partial charge is 0.508 e. The van der Waals surface area contributed by atoms with Gasteiger partial charge in [0.1, 0.15) is 17.2 Å². The lowest BCUT2D eigenvalue weighted by molar-refractivity contribution is 0.474. The molecule has 0 bridgehead atoms. The molecule has 0 radical (unpaired) electrons. The first kappa shape index (κ1) is 30.3. The van der Waals surface area contributed by atoms with Crippen molar-refractivity contribution < 1.29 is 15.3 Å². The van der Waals surface area contributed by atoms with Crippen LogP contribution in [-0.2, 0) is 0 Å². The Labute approximate surface area is 190 Å². The first-order chi connectivity index (χ1) is 14.7. The number of benzene rings is 3. The second-order valence-electron chi connectivity index (χ2n) is 7.22. The second kappa shape index (κ2) is 20.3. The normalized spacial score (nSPS) is 8.61. The van der Waals surface area contributed by atoms with Crippen LogP contribution in [0.4, 0.5) is 0 Å². The number of aromatic hydroxyl groups is 3. The van der Waals surface area contributed by atoms with E-state index < -0.39 is 0 Å². The average molecular weight is 427 g/mol. The molecule has 3 aromatic carbocycles. The molecule has 0 aliphatic heterocycles. The maximum Gasteiger partial charge on any atom is 0.115 e. The van der Waals surface area contributed by atoms with Crippen LogP contribution in [-0.4, -0.2) is 15.3 Å². The molecule has 0 saturated heterocycles. The Morgan fingerprint density at radius 1 is 0.484 bits per heavy atom. The summed E-state index contributed by atoms with van der Waals surface area (Å²) in [7, 11) is 0. The van der Waals surface area contributed by atoms with Crippen LogP contribution < -0.4 is 0 Å². The molecule has 0 aliphatic carbocycles. The van der Waals surface area contributed by atoms with Gasteiger partial charge in [0.25, 0.3) is 0 Å². The molecule has 3 rings (SSSR count). The summed E-state index contributed by atoms with van der Waals surface area (Å²) in [6.07, 6.45) is 3.89. The van der Waals surface area contributed by atoms with Crippen molar-refractivity contribution in [1.82, 2.24) is 0 Å². The van der Waals surface area contributed by atoms with Crippen molar-refractivity contribution >= 4 is 0 Å². The highest BCUT2D eigenvalue weighted by Gasteiger charge is 1.84. The number of phenolic OH excluding ortho intramolecular Hbond substituents is 3. The molecule has 3 N–H and O–H groups in total. The molecule has 3 aromatic rings. The Morgan fingerprint density at radius 2 is 0.710 bits per heavy atom. The molecule has 0 spiro atoms. The summed E-state index contributed by atoms with van der Waals surface area (Å²) in [5.74, 6) is 1.01. The van der Waals surface area contributed by atoms with Gasteiger partial charge in [-0.1, -0.05) is 83.4 Å². The average Bonchev–Trinajstić information content (AvgIpc) is 2.69. The lowest BCUT2D eigenvalue weighted by atomic mass is 10.2. The summed E-state index contributed by atoms with van der Waals surface area (Å²) in [4.78, 5) is 0. The molecule has 3 heteroatoms. The third-order valence-electron chi connectivity index (χ3n) is 3.50. The van der Waals surface area contributed by atoms with E-state index >= 15 is 0 Å². The van der Waals surface area contributed by atoms with Crippen molar-refractivity contribution in [2.24, 2.45) is 0 Å². The summed E-state index contributed by atoms with van der Waals surface area (Å²) in [6, 6.07) is 21.5. The van der Waals surface area contributed by atoms with Crippen molar-refractivity contribution in [2.75, 3.05) is 0 Å². The molecular weight excluding hydrogens is 384 g/mol. The number of hydrogen-bond donors (Lipinski definition) is 3. The standard InChI is InChI=1S/3C7H8O.C4H10.C3H8/c3*1-6-3-2-4-7(8)5-6;1-3-4-2;1-3-2/h3*2-5,8H,1H3;3-4H2,1-2H3;3H2,1-2H3. The number of phenols is 3. The van der Waals surface area contributed by atoms with Crippen LogP contribution in [0.1, 0.15) is 63.6 Å². The van der Waals surface area contributed by atoms with E-state index in [2.05, 4.69) is 27.7 Å². The zero-order chi connectivity index (χ0) is 24.1. The lowest BCUT2D eigenvalue weighted by Gasteiger charge is -1.89. The van der Waals surface area contributed by atoms with Gasteiger partial charge in [-0.25, -0.2) is 0 Å². The number of hydrogen-bond acceptors (Lipinski definition) is 3. The summed E-state index contributed by atoms with van der Waals surface area (Å²) in [5.41, 5.74) is 3.26. The Morgan fingerprint density at radius 3 is 0.806 bits per heavy atom. The van der Waals surface area contributed by atoms with E-state index in [1.165, 1.54) is 19.3 Å². The Kier molecular flexibility index (Phi) is 19.8. The predicted molar refractivity (Wildman–Crippen MR) is 135 cm³/mol. The maximum atomic E-state index is 8.81. The molecule has 0 unspecified atom stereocenters. The van der Waals surface area contributed by atoms with Gasteiger partial charge in [-0.3, -0.25) is 0 Å². The fourth-order valence-corrected chi connectivity index (χ4v) is 1.88. The summed E-state index contributed by atoms with van der Waals surface area (Å²) < 4.78 is 0. The number of aryl methyl sites for hydroxylation is 3. The fraction of sp³-hybridized carbons (Fsp3) is 0.357. The van der Waals surface area contributed by atoms with E-state index in [0.29, 0.717) is 17.2 Å². The van der Waals surface area contributed by atoms with Gasteiger partial charge in [0.2, 0.25) is 0 Å². The zero-order valence-corrected chi connectivity index (χ0v) is 20.4. The van der Waals surface area contributed by atoms with Gasteiger partial charge in [0.05, 0.1) is 0 Å². The van der Waals surface area contributed by atoms with E-state index in [9.17, 15) is 0 Å². The van der Waals surface area contributed by atoms with Crippen LogP contribution in [0.2, 0.25) is 0 Å². The SMILES string of the molecule is CCC.CCCC.Cc1cccc(O)c1.Cc1cccc(O)c1.Cc1cccc(O)c1. The van der Waals surface area contributed by atoms with Crippen molar-refractivity contribution in [3.8, 4) is 17.2 Å². The Hall–Kier alpha value is -2.94. The third kappa shape index (κ3) is 21.6. The van der Waals surface area contributed by atoms with Gasteiger partial charge in [-0.2, -0.15) is 0 Å². The molecule has 31 heavy (non-hydrogen) atoms. The molecule has 0 aromatic heterocycles. The monoisotopic (exact) mass is 426 g/mol. The molecule has 172 valence electrons.